The first-order chi connectivity index (χ1) is 15.6. The minimum absolute atomic E-state index is 0.00208. The van der Waals surface area contributed by atoms with Crippen molar-refractivity contribution in [1.29, 1.82) is 0 Å². The van der Waals surface area contributed by atoms with Crippen molar-refractivity contribution < 1.29 is 31.5 Å². The van der Waals surface area contributed by atoms with Gasteiger partial charge in [0.25, 0.3) is 0 Å². The van der Waals surface area contributed by atoms with Gasteiger partial charge in [-0.25, -0.2) is 8.42 Å². The first-order valence-electron chi connectivity index (χ1n) is 10.4. The van der Waals surface area contributed by atoms with Crippen molar-refractivity contribution in [3.05, 3.63) is 48.5 Å². The van der Waals surface area contributed by atoms with Crippen LogP contribution in [0.2, 0.25) is 0 Å². The van der Waals surface area contributed by atoms with Gasteiger partial charge in [0.2, 0.25) is 21.8 Å². The minimum Gasteiger partial charge on any atom is -0.435 e. The Morgan fingerprint density at radius 3 is 2.27 bits per heavy atom. The van der Waals surface area contributed by atoms with Gasteiger partial charge in [-0.2, -0.15) is 13.1 Å². The van der Waals surface area contributed by atoms with Gasteiger partial charge in [-0.3, -0.25) is 9.59 Å². The van der Waals surface area contributed by atoms with Crippen LogP contribution in [0.15, 0.2) is 53.4 Å². The van der Waals surface area contributed by atoms with Crippen LogP contribution in [0.1, 0.15) is 20.3 Å². The fraction of sp³-hybridized carbons (Fsp3) is 0.364. The Morgan fingerprint density at radius 2 is 1.73 bits per heavy atom. The third kappa shape index (κ3) is 5.66. The maximum absolute atomic E-state index is 12.6. The average Bonchev–Trinajstić information content (AvgIpc) is 3.17. The summed E-state index contributed by atoms with van der Waals surface area (Å²) in [7, 11) is -3.61. The molecule has 0 saturated carbocycles. The van der Waals surface area contributed by atoms with Gasteiger partial charge in [0, 0.05) is 37.4 Å². The van der Waals surface area contributed by atoms with Gasteiger partial charge in [0.05, 0.1) is 10.8 Å². The highest BCUT2D eigenvalue weighted by molar-refractivity contribution is 7.89. The van der Waals surface area contributed by atoms with Crippen molar-refractivity contribution in [3.63, 3.8) is 0 Å². The lowest BCUT2D eigenvalue weighted by Crippen LogP contribution is -2.31. The first kappa shape index (κ1) is 24.6. The van der Waals surface area contributed by atoms with E-state index in [1.54, 1.807) is 26.0 Å². The number of benzene rings is 2. The Bertz CT molecular complexity index is 1090. The topological polar surface area (TPSA) is 96.0 Å². The molecule has 1 saturated heterocycles. The highest BCUT2D eigenvalue weighted by Gasteiger charge is 2.35. The van der Waals surface area contributed by atoms with Gasteiger partial charge in [-0.15, -0.1) is 0 Å². The average molecular weight is 482 g/mol. The van der Waals surface area contributed by atoms with Crippen LogP contribution in [-0.4, -0.2) is 50.8 Å². The van der Waals surface area contributed by atoms with E-state index in [1.807, 2.05) is 0 Å². The zero-order valence-electron chi connectivity index (χ0n) is 18.2. The fourth-order valence-corrected chi connectivity index (χ4v) is 5.07. The van der Waals surface area contributed by atoms with Gasteiger partial charge >= 0.3 is 6.61 Å². The molecular weight excluding hydrogens is 456 g/mol. The molecule has 0 radical (unpaired) electrons. The number of alkyl halides is 2. The van der Waals surface area contributed by atoms with Crippen LogP contribution >= 0.6 is 0 Å². The summed E-state index contributed by atoms with van der Waals surface area (Å²) in [5, 5.41) is 2.67. The van der Waals surface area contributed by atoms with Gasteiger partial charge in [-0.05, 0) is 48.5 Å². The number of hydrogen-bond donors (Lipinski definition) is 1. The van der Waals surface area contributed by atoms with Gasteiger partial charge < -0.3 is 15.0 Å². The number of nitrogens with one attached hydrogen (secondary N) is 1. The van der Waals surface area contributed by atoms with Crippen molar-refractivity contribution in [3.8, 4) is 5.75 Å². The number of sulfonamides is 1. The Morgan fingerprint density at radius 1 is 1.12 bits per heavy atom. The van der Waals surface area contributed by atoms with Crippen molar-refractivity contribution in [2.45, 2.75) is 31.8 Å². The molecule has 0 spiro atoms. The number of halogens is 2. The summed E-state index contributed by atoms with van der Waals surface area (Å²) in [6, 6.07) is 11.5. The molecule has 11 heteroatoms. The molecule has 178 valence electrons. The van der Waals surface area contributed by atoms with Crippen LogP contribution in [0.25, 0.3) is 0 Å². The molecule has 1 unspecified atom stereocenters. The summed E-state index contributed by atoms with van der Waals surface area (Å²) in [6.07, 6.45) is -0.00208. The van der Waals surface area contributed by atoms with E-state index < -0.39 is 22.6 Å². The smallest absolute Gasteiger partial charge is 0.387 e. The van der Waals surface area contributed by atoms with Crippen molar-refractivity contribution in [2.24, 2.45) is 5.92 Å². The molecule has 2 aromatic rings. The molecule has 0 aliphatic carbocycles. The van der Waals surface area contributed by atoms with Crippen LogP contribution in [-0.2, 0) is 19.6 Å². The molecule has 0 bridgehead atoms. The minimum atomic E-state index is -3.61. The highest BCUT2D eigenvalue weighted by Crippen LogP contribution is 2.28. The van der Waals surface area contributed by atoms with E-state index in [4.69, 9.17) is 0 Å². The number of rotatable bonds is 9. The lowest BCUT2D eigenvalue weighted by atomic mass is 10.1. The van der Waals surface area contributed by atoms with Gasteiger partial charge in [0.15, 0.2) is 0 Å². The van der Waals surface area contributed by atoms with E-state index in [2.05, 4.69) is 10.1 Å². The molecule has 3 rings (SSSR count). The quantitative estimate of drug-likeness (QED) is 0.593. The molecular formula is C22H25F2N3O5S. The van der Waals surface area contributed by atoms with Crippen molar-refractivity contribution in [1.82, 2.24) is 4.31 Å². The van der Waals surface area contributed by atoms with E-state index in [0.717, 1.165) is 0 Å². The Labute approximate surface area is 191 Å². The molecule has 1 aliphatic rings. The zero-order chi connectivity index (χ0) is 24.2. The van der Waals surface area contributed by atoms with E-state index in [9.17, 15) is 26.8 Å². The second-order valence-corrected chi connectivity index (χ2v) is 9.32. The number of amides is 2. The molecule has 0 aromatic heterocycles. The standard InChI is InChI=1S/C22H25F2N3O5S/c1-3-26(4-2)33(30,31)19-11-7-17(8-12-19)27-14-15(13-20(27)28)21(29)25-16-5-9-18(10-6-16)32-22(23)24/h5-12,15,22H,3-4,13-14H2,1-2H3,(H,25,29). The predicted molar refractivity (Wildman–Crippen MR) is 119 cm³/mol. The molecule has 33 heavy (non-hydrogen) atoms. The predicted octanol–water partition coefficient (Wildman–Crippen LogP) is 3.31. The second kappa shape index (κ2) is 10.3. The summed E-state index contributed by atoms with van der Waals surface area (Å²) in [5.74, 6) is -1.28. The SMILES string of the molecule is CCN(CC)S(=O)(=O)c1ccc(N2CC(C(=O)Nc3ccc(OC(F)F)cc3)CC2=O)cc1. The third-order valence-corrected chi connectivity index (χ3v) is 7.40. The number of carbonyl (C=O) groups is 2. The van der Waals surface area contributed by atoms with E-state index in [0.29, 0.717) is 24.5 Å². The molecule has 1 atom stereocenters. The van der Waals surface area contributed by atoms with Crippen LogP contribution in [0.4, 0.5) is 20.2 Å². The highest BCUT2D eigenvalue weighted by atomic mass is 32.2. The Balaban J connectivity index is 1.65. The number of nitrogens with zero attached hydrogens (tertiary/aromatic N) is 2. The number of carbonyl (C=O) groups excluding carboxylic acids is 2. The largest absolute Gasteiger partial charge is 0.435 e. The number of hydrogen-bond acceptors (Lipinski definition) is 5. The molecule has 1 N–H and O–H groups in total. The number of anilines is 2. The number of ether oxygens (including phenoxy) is 1. The molecule has 2 amide bonds. The first-order valence-corrected chi connectivity index (χ1v) is 11.9. The summed E-state index contributed by atoms with van der Waals surface area (Å²) < 4.78 is 55.3. The lowest BCUT2D eigenvalue weighted by Gasteiger charge is -2.20. The second-order valence-electron chi connectivity index (χ2n) is 7.38. The van der Waals surface area contributed by atoms with Gasteiger partial charge in [-0.1, -0.05) is 13.8 Å². The third-order valence-electron chi connectivity index (χ3n) is 5.33. The summed E-state index contributed by atoms with van der Waals surface area (Å²) >= 11 is 0. The fourth-order valence-electron chi connectivity index (χ4n) is 3.61. The van der Waals surface area contributed by atoms with Crippen molar-refractivity contribution >= 4 is 33.2 Å². The monoisotopic (exact) mass is 481 g/mol. The van der Waals surface area contributed by atoms with Crippen LogP contribution in [0.3, 0.4) is 0 Å². The van der Waals surface area contributed by atoms with Crippen LogP contribution in [0, 0.1) is 5.92 Å². The van der Waals surface area contributed by atoms with Crippen LogP contribution in [0.5, 0.6) is 5.75 Å². The maximum atomic E-state index is 12.6. The van der Waals surface area contributed by atoms with E-state index >= 15 is 0 Å². The normalized spacial score (nSPS) is 16.5. The Hall–Kier alpha value is -3.05. The maximum Gasteiger partial charge on any atom is 0.387 e. The summed E-state index contributed by atoms with van der Waals surface area (Å²) in [6.45, 7) is 1.42. The van der Waals surface area contributed by atoms with Gasteiger partial charge in [0.1, 0.15) is 5.75 Å². The molecule has 1 heterocycles. The van der Waals surface area contributed by atoms with E-state index in [-0.39, 0.29) is 35.4 Å². The Kier molecular flexibility index (Phi) is 7.65. The summed E-state index contributed by atoms with van der Waals surface area (Å²) in [4.78, 5) is 26.7. The molecule has 8 nitrogen and oxygen atoms in total. The molecule has 1 aliphatic heterocycles. The van der Waals surface area contributed by atoms with Crippen molar-refractivity contribution in [2.75, 3.05) is 29.9 Å². The van der Waals surface area contributed by atoms with E-state index in [1.165, 1.54) is 45.6 Å². The lowest BCUT2D eigenvalue weighted by molar-refractivity contribution is -0.122. The zero-order valence-corrected chi connectivity index (χ0v) is 19.0. The summed E-state index contributed by atoms with van der Waals surface area (Å²) in [5.41, 5.74) is 0.890. The van der Waals surface area contributed by atoms with Crippen LogP contribution < -0.4 is 15.0 Å². The molecule has 1 fully saturated rings. The molecule has 2 aromatic carbocycles.